The Morgan fingerprint density at radius 2 is 1.78 bits per heavy atom. The topological polar surface area (TPSA) is 66.5 Å². The highest BCUT2D eigenvalue weighted by Crippen LogP contribution is 2.26. The summed E-state index contributed by atoms with van der Waals surface area (Å²) in [6, 6.07) is 10.6. The van der Waals surface area contributed by atoms with Gasteiger partial charge in [-0.1, -0.05) is 38.5 Å². The molecule has 2 aromatic rings. The highest BCUT2D eigenvalue weighted by atomic mass is 16.2. The van der Waals surface area contributed by atoms with E-state index >= 15 is 0 Å². The number of fused-ring (bicyclic) bond motifs is 1. The Morgan fingerprint density at radius 3 is 2.48 bits per heavy atom. The summed E-state index contributed by atoms with van der Waals surface area (Å²) in [7, 11) is 0. The van der Waals surface area contributed by atoms with Crippen molar-refractivity contribution in [1.82, 2.24) is 4.90 Å². The average molecular weight is 364 g/mol. The van der Waals surface area contributed by atoms with E-state index in [4.69, 9.17) is 0 Å². The van der Waals surface area contributed by atoms with Crippen LogP contribution < -0.4 is 5.32 Å². The first-order valence-corrected chi connectivity index (χ1v) is 9.38. The molecule has 140 valence electrons. The third-order valence-electron chi connectivity index (χ3n) is 4.95. The molecular formula is C22H24N2O3. The first kappa shape index (κ1) is 18.8. The van der Waals surface area contributed by atoms with Crippen molar-refractivity contribution in [2.24, 2.45) is 0 Å². The normalized spacial score (nSPS) is 13.1. The Morgan fingerprint density at radius 1 is 1.04 bits per heavy atom. The summed E-state index contributed by atoms with van der Waals surface area (Å²) in [6.45, 7) is 6.41. The third-order valence-corrected chi connectivity index (χ3v) is 4.95. The van der Waals surface area contributed by atoms with Crippen molar-refractivity contribution in [2.45, 2.75) is 40.0 Å². The number of para-hydroxylation sites is 1. The van der Waals surface area contributed by atoms with Crippen LogP contribution in [-0.4, -0.2) is 29.2 Å². The molecule has 5 nitrogen and oxygen atoms in total. The fraction of sp³-hybridized carbons (Fsp3) is 0.318. The van der Waals surface area contributed by atoms with Crippen LogP contribution >= 0.6 is 0 Å². The third kappa shape index (κ3) is 3.50. The molecule has 0 radical (unpaired) electrons. The van der Waals surface area contributed by atoms with E-state index in [0.717, 1.165) is 36.1 Å². The molecule has 1 heterocycles. The number of anilines is 1. The van der Waals surface area contributed by atoms with Crippen LogP contribution in [0.3, 0.4) is 0 Å². The van der Waals surface area contributed by atoms with Gasteiger partial charge in [-0.25, -0.2) is 0 Å². The lowest BCUT2D eigenvalue weighted by molar-refractivity contribution is 0.0652. The van der Waals surface area contributed by atoms with Crippen molar-refractivity contribution in [3.8, 4) is 0 Å². The van der Waals surface area contributed by atoms with Gasteiger partial charge in [0.1, 0.15) is 0 Å². The van der Waals surface area contributed by atoms with Gasteiger partial charge in [-0.05, 0) is 49.1 Å². The second-order valence-corrected chi connectivity index (χ2v) is 6.79. The van der Waals surface area contributed by atoms with Crippen LogP contribution in [0.25, 0.3) is 0 Å². The van der Waals surface area contributed by atoms with Crippen LogP contribution in [0.1, 0.15) is 68.9 Å². The van der Waals surface area contributed by atoms with Crippen LogP contribution in [0.15, 0.2) is 36.4 Å². The minimum Gasteiger partial charge on any atom is -0.321 e. The van der Waals surface area contributed by atoms with Gasteiger partial charge in [0.05, 0.1) is 11.1 Å². The van der Waals surface area contributed by atoms with Crippen molar-refractivity contribution in [3.05, 3.63) is 64.2 Å². The fourth-order valence-corrected chi connectivity index (χ4v) is 3.34. The summed E-state index contributed by atoms with van der Waals surface area (Å²) in [5.74, 6) is -0.875. The van der Waals surface area contributed by atoms with Crippen LogP contribution in [-0.2, 0) is 6.42 Å². The summed E-state index contributed by atoms with van der Waals surface area (Å²) in [5.41, 5.74) is 3.90. The summed E-state index contributed by atoms with van der Waals surface area (Å²) in [4.78, 5) is 39.0. The second kappa shape index (κ2) is 7.74. The van der Waals surface area contributed by atoms with Crippen molar-refractivity contribution >= 4 is 23.4 Å². The molecule has 1 aliphatic rings. The maximum Gasteiger partial charge on any atom is 0.261 e. The number of benzene rings is 2. The zero-order valence-corrected chi connectivity index (χ0v) is 16.0. The fourth-order valence-electron chi connectivity index (χ4n) is 3.34. The van der Waals surface area contributed by atoms with Gasteiger partial charge in [0.25, 0.3) is 17.7 Å². The number of nitrogens with zero attached hydrogens (tertiary/aromatic N) is 1. The number of rotatable bonds is 6. The lowest BCUT2D eigenvalue weighted by Crippen LogP contribution is -2.30. The van der Waals surface area contributed by atoms with E-state index in [9.17, 15) is 14.4 Å². The molecule has 0 aromatic heterocycles. The molecule has 0 saturated heterocycles. The monoisotopic (exact) mass is 364 g/mol. The standard InChI is InChI=1S/C22H24N2O3/c1-4-6-12-24-21(26)17-11-10-16(13-18(17)22(24)27)20(25)23-19-14(3)8-7-9-15(19)5-2/h7-11,13H,4-6,12H2,1-3H3,(H,23,25). The minimum atomic E-state index is -0.316. The van der Waals surface area contributed by atoms with Crippen LogP contribution in [0, 0.1) is 6.92 Å². The second-order valence-electron chi connectivity index (χ2n) is 6.79. The molecule has 1 N–H and O–H groups in total. The number of imide groups is 1. The highest BCUT2D eigenvalue weighted by molar-refractivity contribution is 6.22. The Balaban J connectivity index is 1.87. The van der Waals surface area contributed by atoms with E-state index in [-0.39, 0.29) is 17.7 Å². The zero-order chi connectivity index (χ0) is 19.6. The average Bonchev–Trinajstić information content (AvgIpc) is 2.91. The van der Waals surface area contributed by atoms with Crippen molar-refractivity contribution in [1.29, 1.82) is 0 Å². The lowest BCUT2D eigenvalue weighted by atomic mass is 10.0. The first-order chi connectivity index (χ1) is 13.0. The molecule has 3 rings (SSSR count). The van der Waals surface area contributed by atoms with Gasteiger partial charge < -0.3 is 5.32 Å². The maximum atomic E-state index is 12.8. The van der Waals surface area contributed by atoms with Crippen molar-refractivity contribution < 1.29 is 14.4 Å². The summed E-state index contributed by atoms with van der Waals surface area (Å²) in [5, 5.41) is 2.96. The SMILES string of the molecule is CCCCN1C(=O)c2ccc(C(=O)Nc3c(C)cccc3CC)cc2C1=O. The van der Waals surface area contributed by atoms with E-state index in [2.05, 4.69) is 5.32 Å². The van der Waals surface area contributed by atoms with E-state index in [1.807, 2.05) is 39.0 Å². The van der Waals surface area contributed by atoms with Gasteiger partial charge in [-0.3, -0.25) is 19.3 Å². The smallest absolute Gasteiger partial charge is 0.261 e. The van der Waals surface area contributed by atoms with Crippen LogP contribution in [0.4, 0.5) is 5.69 Å². The number of amides is 3. The molecule has 1 aliphatic heterocycles. The Kier molecular flexibility index (Phi) is 5.40. The molecule has 3 amide bonds. The predicted octanol–water partition coefficient (Wildman–Crippen LogP) is 4.21. The Labute approximate surface area is 159 Å². The molecular weight excluding hydrogens is 340 g/mol. The molecule has 0 fully saturated rings. The first-order valence-electron chi connectivity index (χ1n) is 9.38. The van der Waals surface area contributed by atoms with Gasteiger partial charge in [0, 0.05) is 17.8 Å². The zero-order valence-electron chi connectivity index (χ0n) is 16.0. The van der Waals surface area contributed by atoms with Gasteiger partial charge in [-0.2, -0.15) is 0 Å². The number of unbranched alkanes of at least 4 members (excludes halogenated alkanes) is 1. The van der Waals surface area contributed by atoms with E-state index in [1.54, 1.807) is 12.1 Å². The van der Waals surface area contributed by atoms with Gasteiger partial charge in [0.15, 0.2) is 0 Å². The minimum absolute atomic E-state index is 0.275. The van der Waals surface area contributed by atoms with E-state index in [1.165, 1.54) is 11.0 Å². The quantitative estimate of drug-likeness (QED) is 0.781. The molecule has 0 spiro atoms. The largest absolute Gasteiger partial charge is 0.321 e. The number of carbonyl (C=O) groups excluding carboxylic acids is 3. The summed E-state index contributed by atoms with van der Waals surface area (Å²) in [6.07, 6.45) is 2.48. The molecule has 0 saturated carbocycles. The Hall–Kier alpha value is -2.95. The van der Waals surface area contributed by atoms with Gasteiger partial charge in [-0.15, -0.1) is 0 Å². The molecule has 27 heavy (non-hydrogen) atoms. The molecule has 0 bridgehead atoms. The van der Waals surface area contributed by atoms with Crippen LogP contribution in [0.5, 0.6) is 0 Å². The molecule has 2 aromatic carbocycles. The van der Waals surface area contributed by atoms with E-state index < -0.39 is 0 Å². The number of carbonyl (C=O) groups is 3. The molecule has 5 heteroatoms. The lowest BCUT2D eigenvalue weighted by Gasteiger charge is -2.13. The number of nitrogens with one attached hydrogen (secondary N) is 1. The Bertz CT molecular complexity index is 918. The van der Waals surface area contributed by atoms with Crippen molar-refractivity contribution in [3.63, 3.8) is 0 Å². The number of hydrogen-bond donors (Lipinski definition) is 1. The number of aryl methyl sites for hydroxylation is 2. The van der Waals surface area contributed by atoms with Crippen LogP contribution in [0.2, 0.25) is 0 Å². The summed E-state index contributed by atoms with van der Waals surface area (Å²) < 4.78 is 0. The summed E-state index contributed by atoms with van der Waals surface area (Å²) >= 11 is 0. The maximum absolute atomic E-state index is 12.8. The van der Waals surface area contributed by atoms with E-state index in [0.29, 0.717) is 23.2 Å². The van der Waals surface area contributed by atoms with Gasteiger partial charge in [0.2, 0.25) is 0 Å². The molecule has 0 unspecified atom stereocenters. The number of hydrogen-bond acceptors (Lipinski definition) is 3. The van der Waals surface area contributed by atoms with Gasteiger partial charge >= 0.3 is 0 Å². The van der Waals surface area contributed by atoms with Crippen molar-refractivity contribution in [2.75, 3.05) is 11.9 Å². The molecule has 0 aliphatic carbocycles. The molecule has 0 atom stereocenters. The predicted molar refractivity (Wildman–Crippen MR) is 105 cm³/mol. The highest BCUT2D eigenvalue weighted by Gasteiger charge is 2.35.